The molecule has 166 valence electrons. The number of alkyl halides is 6. The maximum Gasteiger partial charge on any atom is 0.573 e. The Hall–Kier alpha value is -2.44. The molecule has 1 saturated carbocycles. The van der Waals surface area contributed by atoms with Gasteiger partial charge in [-0.25, -0.2) is 0 Å². The molecule has 0 radical (unpaired) electrons. The van der Waals surface area contributed by atoms with Gasteiger partial charge in [0.1, 0.15) is 5.75 Å². The van der Waals surface area contributed by atoms with Crippen LogP contribution in [-0.4, -0.2) is 23.2 Å². The highest BCUT2D eigenvalue weighted by atomic mass is 35.5. The lowest BCUT2D eigenvalue weighted by Crippen LogP contribution is -2.49. The Bertz CT molecular complexity index is 1010. The fourth-order valence-corrected chi connectivity index (χ4v) is 4.01. The molecule has 0 bridgehead atoms. The average molecular weight is 464 g/mol. The molecular weight excluding hydrogens is 448 g/mol. The van der Waals surface area contributed by atoms with Crippen LogP contribution in [0.3, 0.4) is 0 Å². The van der Waals surface area contributed by atoms with Crippen molar-refractivity contribution in [1.82, 2.24) is 0 Å². The third kappa shape index (κ3) is 4.91. The molecule has 0 spiro atoms. The Morgan fingerprint density at radius 2 is 1.68 bits per heavy atom. The lowest BCUT2D eigenvalue weighted by molar-refractivity contribution is -0.275. The molecule has 0 heterocycles. The first-order valence-corrected chi connectivity index (χ1v) is 9.50. The second kappa shape index (κ2) is 7.92. The number of hydrogen-bond acceptors (Lipinski definition) is 3. The maximum absolute atomic E-state index is 14.0. The minimum Gasteiger partial charge on any atom is -0.405 e. The van der Waals surface area contributed by atoms with E-state index in [1.165, 1.54) is 36.4 Å². The summed E-state index contributed by atoms with van der Waals surface area (Å²) in [4.78, 5) is 0. The van der Waals surface area contributed by atoms with Crippen LogP contribution in [0, 0.1) is 11.3 Å². The molecule has 2 aromatic carbocycles. The molecule has 1 aliphatic carbocycles. The van der Waals surface area contributed by atoms with Crippen molar-refractivity contribution in [2.24, 2.45) is 0 Å². The van der Waals surface area contributed by atoms with Crippen molar-refractivity contribution in [3.8, 4) is 11.8 Å². The minimum absolute atomic E-state index is 0.0605. The normalized spacial score (nSPS) is 17.5. The molecule has 10 heteroatoms. The van der Waals surface area contributed by atoms with E-state index in [4.69, 9.17) is 11.6 Å². The van der Waals surface area contributed by atoms with Crippen molar-refractivity contribution in [1.29, 1.82) is 5.26 Å². The van der Waals surface area contributed by atoms with Crippen LogP contribution in [0.25, 0.3) is 0 Å². The van der Waals surface area contributed by atoms with Crippen LogP contribution in [0.1, 0.15) is 36.0 Å². The van der Waals surface area contributed by atoms with Crippen LogP contribution in [-0.2, 0) is 11.8 Å². The molecule has 1 N–H and O–H groups in total. The number of ether oxygens (including phenoxy) is 1. The first-order valence-electron chi connectivity index (χ1n) is 9.12. The van der Waals surface area contributed by atoms with Gasteiger partial charge in [-0.2, -0.15) is 18.4 Å². The lowest BCUT2D eigenvalue weighted by atomic mass is 9.78. The summed E-state index contributed by atoms with van der Waals surface area (Å²) in [7, 11) is 0. The van der Waals surface area contributed by atoms with Gasteiger partial charge in [-0.15, -0.1) is 13.2 Å². The molecule has 1 aliphatic rings. The van der Waals surface area contributed by atoms with Gasteiger partial charge in [0, 0.05) is 22.4 Å². The van der Waals surface area contributed by atoms with Gasteiger partial charge in [-0.1, -0.05) is 35.9 Å². The predicted octanol–water partition coefficient (Wildman–Crippen LogP) is 6.07. The first-order chi connectivity index (χ1) is 14.3. The Labute approximate surface area is 178 Å². The zero-order valence-electron chi connectivity index (χ0n) is 15.8. The Morgan fingerprint density at radius 1 is 1.03 bits per heavy atom. The third-order valence-electron chi connectivity index (χ3n) is 5.40. The summed E-state index contributed by atoms with van der Waals surface area (Å²) in [5, 5.41) is 19.8. The second-order valence-corrected chi connectivity index (χ2v) is 7.99. The van der Waals surface area contributed by atoms with E-state index in [9.17, 15) is 36.7 Å². The second-order valence-electron chi connectivity index (χ2n) is 7.58. The van der Waals surface area contributed by atoms with Crippen LogP contribution in [0.2, 0.25) is 5.02 Å². The van der Waals surface area contributed by atoms with Crippen LogP contribution >= 0.6 is 11.6 Å². The van der Waals surface area contributed by atoms with Gasteiger partial charge in [0.25, 0.3) is 0 Å². The zero-order chi connectivity index (χ0) is 23.1. The molecule has 3 nitrogen and oxygen atoms in total. The van der Waals surface area contributed by atoms with Crippen molar-refractivity contribution >= 4 is 11.6 Å². The van der Waals surface area contributed by atoms with Crippen molar-refractivity contribution in [2.45, 2.75) is 49.2 Å². The molecule has 0 amide bonds. The monoisotopic (exact) mass is 463 g/mol. The summed E-state index contributed by atoms with van der Waals surface area (Å²) in [6.07, 6.45) is -11.8. The molecule has 1 fully saturated rings. The quantitative estimate of drug-likeness (QED) is 0.529. The third-order valence-corrected chi connectivity index (χ3v) is 5.76. The fourth-order valence-electron chi connectivity index (χ4n) is 3.77. The molecule has 0 saturated heterocycles. The number of benzene rings is 2. The molecule has 2 aromatic rings. The van der Waals surface area contributed by atoms with Crippen molar-refractivity contribution in [2.75, 3.05) is 0 Å². The van der Waals surface area contributed by atoms with Crippen molar-refractivity contribution in [3.05, 3.63) is 64.2 Å². The number of nitriles is 1. The Morgan fingerprint density at radius 3 is 2.23 bits per heavy atom. The SMILES string of the molecule is N#Cc1cccc(Cl)c1CC(O)(CC1(c2ccccc2OC(F)(F)F)CC1)C(F)(F)F. The first kappa shape index (κ1) is 23.2. The van der Waals surface area contributed by atoms with Gasteiger partial charge in [0.05, 0.1) is 11.6 Å². The number of hydrogen-bond donors (Lipinski definition) is 1. The summed E-state index contributed by atoms with van der Waals surface area (Å²) < 4.78 is 84.4. The van der Waals surface area contributed by atoms with Gasteiger partial charge in [0.15, 0.2) is 5.60 Å². The largest absolute Gasteiger partial charge is 0.573 e. The van der Waals surface area contributed by atoms with E-state index in [-0.39, 0.29) is 34.6 Å². The van der Waals surface area contributed by atoms with Crippen molar-refractivity contribution < 1.29 is 36.2 Å². The van der Waals surface area contributed by atoms with E-state index in [1.807, 2.05) is 0 Å². The summed E-state index contributed by atoms with van der Waals surface area (Å²) in [6, 6.07) is 10.7. The fraction of sp³-hybridized carbons (Fsp3) is 0.381. The van der Waals surface area contributed by atoms with E-state index in [1.54, 1.807) is 6.07 Å². The molecule has 1 atom stereocenters. The van der Waals surface area contributed by atoms with E-state index in [0.29, 0.717) is 0 Å². The van der Waals surface area contributed by atoms with Gasteiger partial charge in [-0.3, -0.25) is 0 Å². The van der Waals surface area contributed by atoms with Crippen LogP contribution in [0.5, 0.6) is 5.75 Å². The van der Waals surface area contributed by atoms with Crippen molar-refractivity contribution in [3.63, 3.8) is 0 Å². The minimum atomic E-state index is -5.13. The number of halogens is 7. The number of para-hydroxylation sites is 1. The average Bonchev–Trinajstić information content (AvgIpc) is 3.41. The van der Waals surface area contributed by atoms with Gasteiger partial charge >= 0.3 is 12.5 Å². The number of aliphatic hydroxyl groups is 1. The van der Waals surface area contributed by atoms with E-state index < -0.39 is 42.1 Å². The summed E-state index contributed by atoms with van der Waals surface area (Å²) in [5.41, 5.74) is -5.05. The van der Waals surface area contributed by atoms with Gasteiger partial charge in [0.2, 0.25) is 0 Å². The molecule has 0 aliphatic heterocycles. The van der Waals surface area contributed by atoms with Gasteiger partial charge in [-0.05, 0) is 43.0 Å². The number of rotatable bonds is 6. The molecule has 31 heavy (non-hydrogen) atoms. The molecular formula is C21H16ClF6NO2. The summed E-state index contributed by atoms with van der Waals surface area (Å²) in [5.74, 6) is -0.604. The summed E-state index contributed by atoms with van der Waals surface area (Å²) >= 11 is 5.99. The predicted molar refractivity (Wildman–Crippen MR) is 99.5 cm³/mol. The molecule has 1 unspecified atom stereocenters. The topological polar surface area (TPSA) is 53.2 Å². The molecule has 3 rings (SSSR count). The Kier molecular flexibility index (Phi) is 5.93. The lowest BCUT2D eigenvalue weighted by Gasteiger charge is -2.35. The van der Waals surface area contributed by atoms with E-state index in [0.717, 1.165) is 6.07 Å². The van der Waals surface area contributed by atoms with Crippen LogP contribution < -0.4 is 4.74 Å². The highest BCUT2D eigenvalue weighted by Gasteiger charge is 2.61. The van der Waals surface area contributed by atoms with E-state index in [2.05, 4.69) is 4.74 Å². The highest BCUT2D eigenvalue weighted by molar-refractivity contribution is 6.31. The number of nitrogens with zero attached hydrogens (tertiary/aromatic N) is 1. The Balaban J connectivity index is 2.01. The standard InChI is InChI=1S/C21H16ClF6NO2/c22-16-6-3-4-13(11-29)14(16)10-19(30,20(23,24)25)12-18(8-9-18)15-5-1-2-7-17(15)31-21(26,27)28/h1-7,30H,8-10,12H2. The van der Waals surface area contributed by atoms with Crippen LogP contribution in [0.15, 0.2) is 42.5 Å². The maximum atomic E-state index is 14.0. The smallest absolute Gasteiger partial charge is 0.405 e. The van der Waals surface area contributed by atoms with Crippen LogP contribution in [0.4, 0.5) is 26.3 Å². The van der Waals surface area contributed by atoms with E-state index >= 15 is 0 Å². The highest BCUT2D eigenvalue weighted by Crippen LogP contribution is 2.58. The zero-order valence-corrected chi connectivity index (χ0v) is 16.6. The molecule has 0 aromatic heterocycles. The summed E-state index contributed by atoms with van der Waals surface area (Å²) in [6.45, 7) is 0. The van der Waals surface area contributed by atoms with Gasteiger partial charge < -0.3 is 9.84 Å².